The first-order valence-corrected chi connectivity index (χ1v) is 7.01. The van der Waals surface area contributed by atoms with Crippen LogP contribution in [-0.4, -0.2) is 29.1 Å². The number of carboxylic acid groups (broad SMARTS) is 4. The summed E-state index contributed by atoms with van der Waals surface area (Å²) in [7, 11) is 0. The minimum absolute atomic E-state index is 0. The molecule has 1 aliphatic heterocycles. The first-order valence-electron chi connectivity index (χ1n) is 6.06. The van der Waals surface area contributed by atoms with Crippen molar-refractivity contribution in [2.45, 2.75) is 30.9 Å². The largest absolute Gasteiger partial charge is 1.00 e. The number of hydrogen-bond donors (Lipinski definition) is 0. The smallest absolute Gasteiger partial charge is 0.550 e. The van der Waals surface area contributed by atoms with Gasteiger partial charge >= 0.3 is 118 Å². The fourth-order valence-electron chi connectivity index (χ4n) is 2.09. The van der Waals surface area contributed by atoms with Crippen molar-refractivity contribution in [3.8, 4) is 0 Å². The summed E-state index contributed by atoms with van der Waals surface area (Å²) in [6, 6.07) is 0. The van der Waals surface area contributed by atoms with Crippen molar-refractivity contribution in [2.24, 2.45) is 0 Å². The molecule has 120 valence electrons. The summed E-state index contributed by atoms with van der Waals surface area (Å²) < 4.78 is 0. The maximum atomic E-state index is 10.8. The van der Waals surface area contributed by atoms with Crippen molar-refractivity contribution in [3.63, 3.8) is 0 Å². The van der Waals surface area contributed by atoms with Gasteiger partial charge in [-0.2, -0.15) is 0 Å². The van der Waals surface area contributed by atoms with E-state index in [9.17, 15) is 39.6 Å². The Balaban J connectivity index is -0.000000605. The Morgan fingerprint density at radius 3 is 1.62 bits per heavy atom. The van der Waals surface area contributed by atoms with Crippen molar-refractivity contribution in [2.75, 3.05) is 0 Å². The average molecular weight is 418 g/mol. The Morgan fingerprint density at radius 1 is 0.769 bits per heavy atom. The van der Waals surface area contributed by atoms with Crippen LogP contribution in [0.3, 0.4) is 0 Å². The van der Waals surface area contributed by atoms with Crippen LogP contribution >= 0.6 is 11.8 Å². The van der Waals surface area contributed by atoms with Crippen molar-refractivity contribution >= 4 is 35.6 Å². The molecule has 0 aromatic rings. The van der Waals surface area contributed by atoms with Crippen LogP contribution in [0.1, 0.15) is 25.7 Å². The normalized spacial score (nSPS) is 15.1. The van der Waals surface area contributed by atoms with Crippen molar-refractivity contribution in [1.82, 2.24) is 0 Å². The topological polar surface area (TPSA) is 161 Å². The molecule has 0 aromatic carbocycles. The van der Waals surface area contributed by atoms with Gasteiger partial charge in [0.1, 0.15) is 0 Å². The molecular weight excluding hydrogens is 408 g/mol. The molecule has 1 aliphatic rings. The SMILES string of the molecule is O=C([O-])CC1=CSC(CC(=O)[O-])C(CC(=O)[O-])=C1CC(=O)[O-].[Na+].[Na+].[Na+].[Na+]. The third kappa shape index (κ3) is 13.0. The molecule has 0 aromatic heterocycles. The van der Waals surface area contributed by atoms with E-state index in [2.05, 4.69) is 0 Å². The zero-order valence-corrected chi connectivity index (χ0v) is 24.0. The second kappa shape index (κ2) is 17.6. The summed E-state index contributed by atoms with van der Waals surface area (Å²) >= 11 is 0.886. The molecule has 0 saturated carbocycles. The quantitative estimate of drug-likeness (QED) is 0.349. The molecule has 0 fully saturated rings. The molecule has 0 radical (unpaired) electrons. The summed E-state index contributed by atoms with van der Waals surface area (Å²) in [6.07, 6.45) is -2.60. The van der Waals surface area contributed by atoms with E-state index in [0.29, 0.717) is 0 Å². The molecule has 1 unspecified atom stereocenters. The molecule has 1 atom stereocenters. The third-order valence-corrected chi connectivity index (χ3v) is 4.08. The molecule has 0 bridgehead atoms. The van der Waals surface area contributed by atoms with E-state index in [1.165, 1.54) is 5.41 Å². The van der Waals surface area contributed by atoms with Gasteiger partial charge in [0.2, 0.25) is 0 Å². The predicted molar refractivity (Wildman–Crippen MR) is 65.0 cm³/mol. The van der Waals surface area contributed by atoms with E-state index in [1.54, 1.807) is 0 Å². The Bertz CT molecular complexity index is 591. The van der Waals surface area contributed by atoms with Crippen LogP contribution in [0.5, 0.6) is 0 Å². The Hall–Kier alpha value is 1.71. The summed E-state index contributed by atoms with van der Waals surface area (Å²) in [5.74, 6) is -6.01. The molecule has 13 heteroatoms. The maximum Gasteiger partial charge on any atom is 1.00 e. The van der Waals surface area contributed by atoms with Crippen LogP contribution in [0, 0.1) is 0 Å². The minimum Gasteiger partial charge on any atom is -0.550 e. The summed E-state index contributed by atoms with van der Waals surface area (Å²) in [5.41, 5.74) is -0.0319. The Labute approximate surface area is 242 Å². The Morgan fingerprint density at radius 2 is 1.23 bits per heavy atom. The van der Waals surface area contributed by atoms with Gasteiger partial charge in [-0.25, -0.2) is 0 Å². The van der Waals surface area contributed by atoms with Gasteiger partial charge in [-0.05, 0) is 22.1 Å². The number of rotatable bonds is 8. The standard InChI is InChI=1S/C13H14O8S.4Na/c14-10(15)1-6-5-22-9(4-13(20)21)8(3-12(18)19)7(6)2-11(16)17;;;;/h5,9H,1-4H2,(H,14,15)(H,16,17)(H,18,19)(H,20,21);;;;/q;4*+1/p-4. The van der Waals surface area contributed by atoms with Crippen LogP contribution in [0.25, 0.3) is 0 Å². The fraction of sp³-hybridized carbons (Fsp3) is 0.385. The number of carbonyl (C=O) groups is 4. The number of hydrogen-bond acceptors (Lipinski definition) is 9. The van der Waals surface area contributed by atoms with Gasteiger partial charge in [-0.1, -0.05) is 0 Å². The zero-order valence-electron chi connectivity index (χ0n) is 15.2. The molecule has 0 N–H and O–H groups in total. The second-order valence-corrected chi connectivity index (χ2v) is 5.57. The second-order valence-electron chi connectivity index (χ2n) is 4.49. The average Bonchev–Trinajstić information content (AvgIpc) is 2.34. The van der Waals surface area contributed by atoms with Gasteiger partial charge < -0.3 is 39.6 Å². The van der Waals surface area contributed by atoms with E-state index in [-0.39, 0.29) is 135 Å². The summed E-state index contributed by atoms with van der Waals surface area (Å²) in [4.78, 5) is 43.1. The third-order valence-electron chi connectivity index (χ3n) is 2.88. The van der Waals surface area contributed by atoms with Crippen LogP contribution < -0.4 is 139 Å². The van der Waals surface area contributed by atoms with E-state index in [0.717, 1.165) is 11.8 Å². The summed E-state index contributed by atoms with van der Waals surface area (Å²) in [6.45, 7) is 0. The molecule has 0 amide bonds. The van der Waals surface area contributed by atoms with E-state index < -0.39 is 54.8 Å². The first-order chi connectivity index (χ1) is 10.2. The number of carbonyl (C=O) groups excluding carboxylic acids is 4. The number of thioether (sulfide) groups is 1. The van der Waals surface area contributed by atoms with Crippen LogP contribution in [0.4, 0.5) is 0 Å². The number of carboxylic acids is 4. The molecule has 1 rings (SSSR count). The van der Waals surface area contributed by atoms with E-state index >= 15 is 0 Å². The van der Waals surface area contributed by atoms with Crippen LogP contribution in [0.15, 0.2) is 22.1 Å². The molecule has 0 spiro atoms. The van der Waals surface area contributed by atoms with Gasteiger partial charge in [0.25, 0.3) is 0 Å². The van der Waals surface area contributed by atoms with Gasteiger partial charge in [0.05, 0.1) is 0 Å². The van der Waals surface area contributed by atoms with Crippen molar-refractivity contribution < 1.29 is 158 Å². The van der Waals surface area contributed by atoms with Crippen LogP contribution in [0.2, 0.25) is 0 Å². The molecule has 0 aliphatic carbocycles. The molecular formula is C13H10Na4O8S. The van der Waals surface area contributed by atoms with Crippen molar-refractivity contribution in [1.29, 1.82) is 0 Å². The van der Waals surface area contributed by atoms with Gasteiger partial charge in [0, 0.05) is 54.8 Å². The fourth-order valence-corrected chi connectivity index (χ4v) is 3.27. The van der Waals surface area contributed by atoms with Gasteiger partial charge in [0.15, 0.2) is 0 Å². The first kappa shape index (κ1) is 35.2. The van der Waals surface area contributed by atoms with E-state index in [1.807, 2.05) is 0 Å². The Kier molecular flexibility index (Phi) is 23.7. The summed E-state index contributed by atoms with van der Waals surface area (Å²) in [5, 5.41) is 43.5. The van der Waals surface area contributed by atoms with Crippen LogP contribution in [-0.2, 0) is 19.2 Å². The van der Waals surface area contributed by atoms with Crippen molar-refractivity contribution in [3.05, 3.63) is 22.1 Å². The zero-order chi connectivity index (χ0) is 16.9. The number of aliphatic carboxylic acids is 4. The minimum atomic E-state index is -1.55. The maximum absolute atomic E-state index is 10.8. The molecule has 0 saturated heterocycles. The molecule has 8 nitrogen and oxygen atoms in total. The van der Waals surface area contributed by atoms with E-state index in [4.69, 9.17) is 0 Å². The molecule has 1 heterocycles. The monoisotopic (exact) mass is 418 g/mol. The van der Waals surface area contributed by atoms with Gasteiger partial charge in [-0.3, -0.25) is 0 Å². The molecule has 26 heavy (non-hydrogen) atoms. The van der Waals surface area contributed by atoms with Gasteiger partial charge in [-0.15, -0.1) is 11.8 Å². The predicted octanol–water partition coefficient (Wildman–Crippen LogP) is -16.1.